The van der Waals surface area contributed by atoms with E-state index in [0.29, 0.717) is 23.7 Å². The van der Waals surface area contributed by atoms with E-state index < -0.39 is 0 Å². The van der Waals surface area contributed by atoms with Gasteiger partial charge in [-0.3, -0.25) is 0 Å². The molecule has 4 saturated carbocycles. The topological polar surface area (TPSA) is 0 Å². The van der Waals surface area contributed by atoms with Crippen molar-refractivity contribution >= 4 is 0 Å². The molecule has 0 heterocycles. The van der Waals surface area contributed by atoms with E-state index in [1.807, 2.05) is 0 Å². The summed E-state index contributed by atoms with van der Waals surface area (Å²) in [7, 11) is 0. The average molecular weight is 745 g/mol. The van der Waals surface area contributed by atoms with Crippen LogP contribution in [0.4, 0.5) is 0 Å². The van der Waals surface area contributed by atoms with Gasteiger partial charge in [0.1, 0.15) is 0 Å². The van der Waals surface area contributed by atoms with Crippen molar-refractivity contribution in [2.45, 2.75) is 205 Å². The summed E-state index contributed by atoms with van der Waals surface area (Å²) in [6.07, 6.45) is 32.0. The Labute approximate surface area is 341 Å². The van der Waals surface area contributed by atoms with Crippen LogP contribution in [0, 0.1) is 27.7 Å². The molecule has 296 valence electrons. The van der Waals surface area contributed by atoms with Crippen LogP contribution < -0.4 is 0 Å². The Hall–Kier alpha value is -3.12. The molecule has 0 N–H and O–H groups in total. The van der Waals surface area contributed by atoms with E-state index in [-0.39, 0.29) is 0 Å². The van der Waals surface area contributed by atoms with Gasteiger partial charge in [-0.2, -0.15) is 0 Å². The highest BCUT2D eigenvalue weighted by Gasteiger charge is 2.26. The van der Waals surface area contributed by atoms with E-state index in [1.165, 1.54) is 128 Å². The van der Waals surface area contributed by atoms with E-state index in [4.69, 9.17) is 0 Å². The third-order valence-corrected chi connectivity index (χ3v) is 16.4. The molecule has 4 aromatic carbocycles. The minimum atomic E-state index is 0.717. The molecule has 0 radical (unpaired) electrons. The Kier molecular flexibility index (Phi) is 11.7. The Morgan fingerprint density at radius 3 is 0.571 bits per heavy atom. The normalized spacial score (nSPS) is 20.6. The minimum absolute atomic E-state index is 0.717. The van der Waals surface area contributed by atoms with Gasteiger partial charge in [0.15, 0.2) is 0 Å². The molecular formula is C56H72. The molecule has 5 aliphatic carbocycles. The number of fused-ring (bicyclic) bond motifs is 8. The Morgan fingerprint density at radius 2 is 0.411 bits per heavy atom. The molecule has 4 fully saturated rings. The molecule has 0 amide bonds. The molecule has 0 heteroatoms. The number of hydrogen-bond donors (Lipinski definition) is 0. The second kappa shape index (κ2) is 17.0. The van der Waals surface area contributed by atoms with E-state index >= 15 is 0 Å². The molecule has 4 aromatic rings. The summed E-state index contributed by atoms with van der Waals surface area (Å²) in [4.78, 5) is 0. The lowest BCUT2D eigenvalue weighted by Gasteiger charge is -2.28. The van der Waals surface area contributed by atoms with Crippen molar-refractivity contribution in [2.24, 2.45) is 0 Å². The van der Waals surface area contributed by atoms with Crippen LogP contribution in [0.5, 0.6) is 0 Å². The molecular weight excluding hydrogens is 673 g/mol. The first kappa shape index (κ1) is 38.4. The third-order valence-electron chi connectivity index (χ3n) is 16.4. The standard InChI is InChI=1S/C56H72/c1-37-45-25-47-31-54(42-19-11-6-12-20-42)33-49(38(47)2)27-51-35-56(44-23-15-8-16-24-44)36-52(40(51)4)28-50-34-55(43-21-13-7-14-22-43)32-48(39(50)3)26-46(37)30-53(29-45)41-17-9-5-10-18-41/h29-36,41-44H,5-28H2,1-4H3. The molecule has 0 spiro atoms. The maximum atomic E-state index is 2.70. The van der Waals surface area contributed by atoms with Gasteiger partial charge >= 0.3 is 0 Å². The summed E-state index contributed by atoms with van der Waals surface area (Å²) >= 11 is 0. The van der Waals surface area contributed by atoms with Crippen LogP contribution in [-0.2, 0) is 25.7 Å². The van der Waals surface area contributed by atoms with Crippen molar-refractivity contribution in [1.82, 2.24) is 0 Å². The highest BCUT2D eigenvalue weighted by molar-refractivity contribution is 5.53. The molecule has 5 aliphatic rings. The molecule has 0 saturated heterocycles. The van der Waals surface area contributed by atoms with Gasteiger partial charge < -0.3 is 0 Å². The summed E-state index contributed by atoms with van der Waals surface area (Å²) < 4.78 is 0. The summed E-state index contributed by atoms with van der Waals surface area (Å²) in [5.74, 6) is 2.87. The van der Waals surface area contributed by atoms with Crippen LogP contribution in [0.25, 0.3) is 0 Å². The summed E-state index contributed by atoms with van der Waals surface area (Å²) in [5.41, 5.74) is 25.6. The average Bonchev–Trinajstić information content (AvgIpc) is 3.24. The zero-order valence-electron chi connectivity index (χ0n) is 35.9. The molecule has 0 unspecified atom stereocenters. The second-order valence-corrected chi connectivity index (χ2v) is 19.9. The SMILES string of the molecule is Cc1c2cc(C3CCCCC3)cc1Cc1cc(C3CCCCC3)cc(c1C)Cc1cc(C3CCCCC3)cc(c1C)Cc1cc(C3CCCCC3)cc(c1C)C2. The van der Waals surface area contributed by atoms with Gasteiger partial charge in [-0.15, -0.1) is 0 Å². The minimum Gasteiger partial charge on any atom is -0.0549 e. The molecule has 0 aliphatic heterocycles. The van der Waals surface area contributed by atoms with Gasteiger partial charge in [0, 0.05) is 0 Å². The fourth-order valence-corrected chi connectivity index (χ4v) is 12.4. The van der Waals surface area contributed by atoms with E-state index in [1.54, 1.807) is 89.0 Å². The van der Waals surface area contributed by atoms with Crippen molar-refractivity contribution in [3.05, 3.63) is 138 Å². The lowest BCUT2D eigenvalue weighted by molar-refractivity contribution is 0.442. The number of rotatable bonds is 4. The predicted molar refractivity (Wildman–Crippen MR) is 239 cm³/mol. The van der Waals surface area contributed by atoms with E-state index in [2.05, 4.69) is 76.2 Å². The summed E-state index contributed by atoms with van der Waals surface area (Å²) in [6, 6.07) is 21.6. The maximum absolute atomic E-state index is 2.70. The maximum Gasteiger partial charge on any atom is -0.00201 e. The zero-order valence-corrected chi connectivity index (χ0v) is 35.9. The van der Waals surface area contributed by atoms with Crippen molar-refractivity contribution in [2.75, 3.05) is 0 Å². The van der Waals surface area contributed by atoms with Crippen molar-refractivity contribution in [3.63, 3.8) is 0 Å². The van der Waals surface area contributed by atoms with Gasteiger partial charge in [0.2, 0.25) is 0 Å². The Morgan fingerprint density at radius 1 is 0.250 bits per heavy atom. The fraction of sp³-hybridized carbons (Fsp3) is 0.571. The molecule has 8 bridgehead atoms. The van der Waals surface area contributed by atoms with Crippen LogP contribution in [0.3, 0.4) is 0 Å². The van der Waals surface area contributed by atoms with E-state index in [0.717, 1.165) is 25.7 Å². The molecule has 9 rings (SSSR count). The summed E-state index contributed by atoms with van der Waals surface area (Å²) in [5, 5.41) is 0. The van der Waals surface area contributed by atoms with Gasteiger partial charge in [0.05, 0.1) is 0 Å². The van der Waals surface area contributed by atoms with Gasteiger partial charge in [0.25, 0.3) is 0 Å². The molecule has 56 heavy (non-hydrogen) atoms. The molecule has 0 aromatic heterocycles. The van der Waals surface area contributed by atoms with Gasteiger partial charge in [-0.05, 0) is 217 Å². The second-order valence-electron chi connectivity index (χ2n) is 19.9. The quantitative estimate of drug-likeness (QED) is 0.172. The largest absolute Gasteiger partial charge is 0.0549 e. The van der Waals surface area contributed by atoms with E-state index in [9.17, 15) is 0 Å². The Bertz CT molecular complexity index is 1630. The van der Waals surface area contributed by atoms with Crippen LogP contribution in [0.15, 0.2) is 48.5 Å². The lowest BCUT2D eigenvalue weighted by atomic mass is 9.77. The lowest BCUT2D eigenvalue weighted by Crippen LogP contribution is -2.12. The van der Waals surface area contributed by atoms with Crippen LogP contribution in [0.2, 0.25) is 0 Å². The fourth-order valence-electron chi connectivity index (χ4n) is 12.4. The predicted octanol–water partition coefficient (Wildman–Crippen LogP) is 15.8. The first-order valence-corrected chi connectivity index (χ1v) is 23.9. The highest BCUT2D eigenvalue weighted by Crippen LogP contribution is 2.42. The first-order valence-electron chi connectivity index (χ1n) is 23.9. The monoisotopic (exact) mass is 745 g/mol. The smallest absolute Gasteiger partial charge is 0.00201 e. The van der Waals surface area contributed by atoms with Crippen LogP contribution in [-0.4, -0.2) is 0 Å². The molecule has 0 atom stereocenters. The van der Waals surface area contributed by atoms with Crippen molar-refractivity contribution in [3.8, 4) is 0 Å². The van der Waals surface area contributed by atoms with Crippen molar-refractivity contribution in [1.29, 1.82) is 0 Å². The summed E-state index contributed by atoms with van der Waals surface area (Å²) in [6.45, 7) is 9.95. The van der Waals surface area contributed by atoms with Crippen LogP contribution >= 0.6 is 0 Å². The first-order chi connectivity index (χ1) is 27.4. The Balaban J connectivity index is 1.25. The highest BCUT2D eigenvalue weighted by atomic mass is 14.3. The number of benzene rings is 4. The number of hydrogen-bond acceptors (Lipinski definition) is 0. The van der Waals surface area contributed by atoms with Gasteiger partial charge in [-0.1, -0.05) is 126 Å². The van der Waals surface area contributed by atoms with Gasteiger partial charge in [-0.25, -0.2) is 0 Å². The third kappa shape index (κ3) is 8.12. The zero-order chi connectivity index (χ0) is 38.2. The van der Waals surface area contributed by atoms with Crippen LogP contribution in [0.1, 0.15) is 241 Å². The van der Waals surface area contributed by atoms with Crippen molar-refractivity contribution < 1.29 is 0 Å². The molecule has 0 nitrogen and oxygen atoms in total.